The molecule has 2 rings (SSSR count). The summed E-state index contributed by atoms with van der Waals surface area (Å²) in [7, 11) is 1.83. The van der Waals surface area contributed by atoms with Crippen molar-refractivity contribution in [3.63, 3.8) is 0 Å². The molecule has 106 valence electrons. The second kappa shape index (κ2) is 5.88. The number of carbonyl (C=O) groups excluding carboxylic acids is 1. The Balaban J connectivity index is 2.05. The molecule has 1 atom stereocenters. The van der Waals surface area contributed by atoms with Gasteiger partial charge in [-0.25, -0.2) is 4.79 Å². The fraction of sp³-hybridized carbons (Fsp3) is 0.333. The van der Waals surface area contributed by atoms with E-state index in [2.05, 4.69) is 5.10 Å². The molecule has 2 aromatic rings. The third kappa shape index (κ3) is 2.88. The summed E-state index contributed by atoms with van der Waals surface area (Å²) in [5.74, 6) is -0.437. The quantitative estimate of drug-likeness (QED) is 0.862. The van der Waals surface area contributed by atoms with Gasteiger partial charge in [0.2, 0.25) is 0 Å². The molecule has 5 nitrogen and oxygen atoms in total. The van der Waals surface area contributed by atoms with E-state index in [0.29, 0.717) is 0 Å². The topological polar surface area (TPSA) is 70.1 Å². The average molecular weight is 273 g/mol. The van der Waals surface area contributed by atoms with Gasteiger partial charge >= 0.3 is 5.97 Å². The number of rotatable bonds is 4. The number of benzene rings is 1. The monoisotopic (exact) mass is 273 g/mol. The van der Waals surface area contributed by atoms with Crippen molar-refractivity contribution in [2.75, 3.05) is 0 Å². The molecule has 0 radical (unpaired) electrons. The van der Waals surface area contributed by atoms with E-state index in [0.717, 1.165) is 22.5 Å². The normalized spacial score (nSPS) is 12.2. The number of hydrogen-bond acceptors (Lipinski definition) is 4. The number of nitrogens with zero attached hydrogens (tertiary/aromatic N) is 2. The number of esters is 1. The molecular weight excluding hydrogens is 254 g/mol. The highest BCUT2D eigenvalue weighted by atomic mass is 16.5. The molecule has 1 aromatic carbocycles. The third-order valence-electron chi connectivity index (χ3n) is 3.35. The lowest BCUT2D eigenvalue weighted by Gasteiger charge is -2.12. The minimum absolute atomic E-state index is 0.228. The summed E-state index contributed by atoms with van der Waals surface area (Å²) in [5, 5.41) is 4.26. The molecule has 0 aliphatic carbocycles. The summed E-state index contributed by atoms with van der Waals surface area (Å²) in [6.45, 7) is 3.96. The van der Waals surface area contributed by atoms with Gasteiger partial charge < -0.3 is 10.5 Å². The van der Waals surface area contributed by atoms with Crippen LogP contribution in [0.15, 0.2) is 30.3 Å². The van der Waals surface area contributed by atoms with Crippen LogP contribution in [0.1, 0.15) is 28.6 Å². The van der Waals surface area contributed by atoms with E-state index in [-0.39, 0.29) is 6.61 Å². The average Bonchev–Trinajstić information content (AvgIpc) is 2.70. The highest BCUT2D eigenvalue weighted by Crippen LogP contribution is 2.20. The minimum atomic E-state index is -0.799. The molecule has 1 aromatic heterocycles. The van der Waals surface area contributed by atoms with Gasteiger partial charge in [0.25, 0.3) is 0 Å². The first-order valence-electron chi connectivity index (χ1n) is 6.47. The lowest BCUT2D eigenvalue weighted by Crippen LogP contribution is -2.24. The molecule has 0 amide bonds. The molecule has 20 heavy (non-hydrogen) atoms. The van der Waals surface area contributed by atoms with Crippen molar-refractivity contribution in [1.29, 1.82) is 0 Å². The van der Waals surface area contributed by atoms with Gasteiger partial charge in [-0.1, -0.05) is 30.3 Å². The first kappa shape index (κ1) is 14.3. The first-order chi connectivity index (χ1) is 9.50. The van der Waals surface area contributed by atoms with Gasteiger partial charge in [0.05, 0.1) is 5.69 Å². The van der Waals surface area contributed by atoms with Gasteiger partial charge in [0.15, 0.2) is 0 Å². The second-order valence-electron chi connectivity index (χ2n) is 4.78. The molecule has 1 heterocycles. The van der Waals surface area contributed by atoms with E-state index < -0.39 is 12.0 Å². The van der Waals surface area contributed by atoms with Crippen molar-refractivity contribution >= 4 is 5.97 Å². The lowest BCUT2D eigenvalue weighted by atomic mass is 10.1. The Kier molecular flexibility index (Phi) is 4.20. The minimum Gasteiger partial charge on any atom is -0.459 e. The molecule has 5 heteroatoms. The molecule has 2 N–H and O–H groups in total. The van der Waals surface area contributed by atoms with Crippen LogP contribution in [0.5, 0.6) is 0 Å². The Bertz CT molecular complexity index is 605. The Hall–Kier alpha value is -2.14. The molecule has 0 aliphatic rings. The summed E-state index contributed by atoms with van der Waals surface area (Å²) in [4.78, 5) is 12.0. The predicted octanol–water partition coefficient (Wildman–Crippen LogP) is 1.78. The largest absolute Gasteiger partial charge is 0.459 e. The molecular formula is C15H19N3O2. The number of hydrogen-bond donors (Lipinski definition) is 1. The smallest absolute Gasteiger partial charge is 0.328 e. The molecule has 0 aliphatic heterocycles. The molecule has 0 spiro atoms. The van der Waals surface area contributed by atoms with Crippen LogP contribution in [0.25, 0.3) is 0 Å². The zero-order valence-corrected chi connectivity index (χ0v) is 12.0. The van der Waals surface area contributed by atoms with Crippen molar-refractivity contribution in [3.05, 3.63) is 52.8 Å². The van der Waals surface area contributed by atoms with Crippen molar-refractivity contribution in [3.8, 4) is 0 Å². The maximum atomic E-state index is 12.0. The summed E-state index contributed by atoms with van der Waals surface area (Å²) < 4.78 is 6.98. The molecule has 1 unspecified atom stereocenters. The van der Waals surface area contributed by atoms with Crippen LogP contribution < -0.4 is 5.73 Å². The summed E-state index contributed by atoms with van der Waals surface area (Å²) >= 11 is 0. The second-order valence-corrected chi connectivity index (χ2v) is 4.78. The van der Waals surface area contributed by atoms with Crippen LogP contribution in [0.3, 0.4) is 0 Å². The summed E-state index contributed by atoms with van der Waals surface area (Å²) in [5.41, 5.74) is 9.31. The van der Waals surface area contributed by atoms with Gasteiger partial charge in [0.1, 0.15) is 12.6 Å². The zero-order valence-electron chi connectivity index (χ0n) is 12.0. The number of aryl methyl sites for hydroxylation is 2. The Morgan fingerprint density at radius 3 is 2.55 bits per heavy atom. The summed E-state index contributed by atoms with van der Waals surface area (Å²) in [6, 6.07) is 8.72. The van der Waals surface area contributed by atoms with Gasteiger partial charge in [0, 0.05) is 18.3 Å². The van der Waals surface area contributed by atoms with Crippen molar-refractivity contribution < 1.29 is 9.53 Å². The van der Waals surface area contributed by atoms with Crippen LogP contribution in [-0.2, 0) is 23.2 Å². The van der Waals surface area contributed by atoms with E-state index in [1.807, 2.05) is 51.2 Å². The van der Waals surface area contributed by atoms with Gasteiger partial charge in [-0.2, -0.15) is 5.10 Å². The third-order valence-corrected chi connectivity index (χ3v) is 3.35. The predicted molar refractivity (Wildman–Crippen MR) is 75.8 cm³/mol. The Morgan fingerprint density at radius 1 is 1.35 bits per heavy atom. The van der Waals surface area contributed by atoms with E-state index in [1.54, 1.807) is 4.68 Å². The van der Waals surface area contributed by atoms with E-state index in [9.17, 15) is 4.79 Å². The molecule has 0 bridgehead atoms. The maximum absolute atomic E-state index is 12.0. The number of aromatic nitrogens is 2. The fourth-order valence-electron chi connectivity index (χ4n) is 2.18. The van der Waals surface area contributed by atoms with E-state index in [1.165, 1.54) is 0 Å². The van der Waals surface area contributed by atoms with Crippen LogP contribution in [0.2, 0.25) is 0 Å². The van der Waals surface area contributed by atoms with Gasteiger partial charge in [-0.05, 0) is 19.4 Å². The Labute approximate surface area is 118 Å². The molecule has 0 saturated carbocycles. The van der Waals surface area contributed by atoms with Gasteiger partial charge in [-0.3, -0.25) is 4.68 Å². The van der Waals surface area contributed by atoms with Crippen LogP contribution >= 0.6 is 0 Å². The molecule has 0 saturated heterocycles. The highest BCUT2D eigenvalue weighted by molar-refractivity contribution is 5.78. The highest BCUT2D eigenvalue weighted by Gasteiger charge is 2.24. The number of nitrogens with two attached hydrogens (primary N) is 1. The van der Waals surface area contributed by atoms with Crippen molar-refractivity contribution in [2.45, 2.75) is 26.5 Å². The lowest BCUT2D eigenvalue weighted by molar-refractivity contribution is -0.146. The summed E-state index contributed by atoms with van der Waals surface area (Å²) in [6.07, 6.45) is 0. The maximum Gasteiger partial charge on any atom is 0.328 e. The van der Waals surface area contributed by atoms with Crippen LogP contribution in [-0.4, -0.2) is 15.7 Å². The fourth-order valence-corrected chi connectivity index (χ4v) is 2.18. The number of ether oxygens (including phenoxy) is 1. The van der Waals surface area contributed by atoms with Gasteiger partial charge in [-0.15, -0.1) is 0 Å². The number of carbonyl (C=O) groups is 1. The van der Waals surface area contributed by atoms with Crippen molar-refractivity contribution in [2.24, 2.45) is 12.8 Å². The first-order valence-corrected chi connectivity index (χ1v) is 6.47. The SMILES string of the molecule is Cc1nn(C)c(C)c1C(N)C(=O)OCc1ccccc1. The van der Waals surface area contributed by atoms with E-state index >= 15 is 0 Å². The standard InChI is InChI=1S/C15H19N3O2/c1-10-13(11(2)18(3)17-10)14(16)15(19)20-9-12-7-5-4-6-8-12/h4-8,14H,9,16H2,1-3H3. The van der Waals surface area contributed by atoms with Crippen molar-refractivity contribution in [1.82, 2.24) is 9.78 Å². The van der Waals surface area contributed by atoms with Crippen LogP contribution in [0.4, 0.5) is 0 Å². The molecule has 0 fully saturated rings. The van der Waals surface area contributed by atoms with E-state index in [4.69, 9.17) is 10.5 Å². The zero-order chi connectivity index (χ0) is 14.7. The Morgan fingerprint density at radius 2 is 2.00 bits per heavy atom. The van der Waals surface area contributed by atoms with Crippen LogP contribution in [0, 0.1) is 13.8 Å².